The molecule has 2 aromatic rings. The number of carbonyl (C=O) groups excluding carboxylic acids is 1. The van der Waals surface area contributed by atoms with Gasteiger partial charge in [0.2, 0.25) is 0 Å². The molecule has 2 atom stereocenters. The molecule has 2 fully saturated rings. The van der Waals surface area contributed by atoms with E-state index in [1.807, 2.05) is 53.4 Å². The van der Waals surface area contributed by atoms with Crippen LogP contribution in [-0.4, -0.2) is 32.3 Å². The predicted molar refractivity (Wildman–Crippen MR) is 94.1 cm³/mol. The Balaban J connectivity index is 1.72. The van der Waals surface area contributed by atoms with Gasteiger partial charge in [-0.2, -0.15) is 0 Å². The molecule has 0 N–H and O–H groups in total. The zero-order chi connectivity index (χ0) is 17.4. The van der Waals surface area contributed by atoms with Crippen LogP contribution < -0.4 is 14.4 Å². The fraction of sp³-hybridized carbons (Fsp3) is 0.350. The minimum absolute atomic E-state index is 0.0379. The van der Waals surface area contributed by atoms with E-state index in [-0.39, 0.29) is 11.9 Å². The third-order valence-corrected chi connectivity index (χ3v) is 5.11. The molecule has 0 unspecified atom stereocenters. The first-order valence-corrected chi connectivity index (χ1v) is 8.45. The first kappa shape index (κ1) is 16.0. The van der Waals surface area contributed by atoms with E-state index < -0.39 is 5.60 Å². The Hall–Kier alpha value is -2.53. The van der Waals surface area contributed by atoms with Crippen LogP contribution in [-0.2, 0) is 9.53 Å². The van der Waals surface area contributed by atoms with Crippen molar-refractivity contribution in [2.24, 2.45) is 0 Å². The maximum Gasteiger partial charge on any atom is 0.262 e. The lowest BCUT2D eigenvalue weighted by molar-refractivity contribution is -0.156. The molecule has 0 saturated carbocycles. The number of benzene rings is 2. The maximum absolute atomic E-state index is 13.0. The highest BCUT2D eigenvalue weighted by molar-refractivity contribution is 6.08. The summed E-state index contributed by atoms with van der Waals surface area (Å²) in [6.45, 7) is 0.634. The van der Waals surface area contributed by atoms with Crippen LogP contribution in [0.4, 0.5) is 5.69 Å². The van der Waals surface area contributed by atoms with E-state index in [1.54, 1.807) is 14.2 Å². The normalized spacial score (nSPS) is 25.1. The summed E-state index contributed by atoms with van der Waals surface area (Å²) in [6.07, 6.45) is 1.67. The minimum Gasteiger partial charge on any atom is -0.497 e. The number of amides is 1. The standard InChI is InChI=1S/C20H21NO4/c1-23-16-8-4-14(5-9-16)18-20(12-3-13-25-20)19(22)21(18)15-6-10-17(24-2)11-7-15/h4-11,18H,3,12-13H2,1-2H3/t18-,20+/m0/s1. The number of nitrogens with zero attached hydrogens (tertiary/aromatic N) is 1. The van der Waals surface area contributed by atoms with Crippen molar-refractivity contribution in [2.75, 3.05) is 25.7 Å². The van der Waals surface area contributed by atoms with E-state index in [9.17, 15) is 4.79 Å². The van der Waals surface area contributed by atoms with Crippen LogP contribution in [0.2, 0.25) is 0 Å². The summed E-state index contributed by atoms with van der Waals surface area (Å²) in [5, 5.41) is 0. The zero-order valence-electron chi connectivity index (χ0n) is 14.4. The van der Waals surface area contributed by atoms with Crippen LogP contribution in [0.25, 0.3) is 0 Å². The van der Waals surface area contributed by atoms with Gasteiger partial charge in [-0.1, -0.05) is 12.1 Å². The zero-order valence-corrected chi connectivity index (χ0v) is 14.4. The first-order valence-electron chi connectivity index (χ1n) is 8.45. The van der Waals surface area contributed by atoms with Gasteiger partial charge in [-0.3, -0.25) is 9.69 Å². The molecule has 5 nitrogen and oxygen atoms in total. The second kappa shape index (κ2) is 6.08. The van der Waals surface area contributed by atoms with Crippen molar-refractivity contribution in [1.29, 1.82) is 0 Å². The Morgan fingerprint density at radius 2 is 1.60 bits per heavy atom. The van der Waals surface area contributed by atoms with Crippen molar-refractivity contribution in [1.82, 2.24) is 0 Å². The number of rotatable bonds is 4. The summed E-state index contributed by atoms with van der Waals surface area (Å²) in [5.74, 6) is 1.60. The molecule has 4 rings (SSSR count). The number of anilines is 1. The average molecular weight is 339 g/mol. The molecule has 0 radical (unpaired) electrons. The summed E-state index contributed by atoms with van der Waals surface area (Å²) in [5.41, 5.74) is 1.18. The van der Waals surface area contributed by atoms with Crippen LogP contribution in [0, 0.1) is 0 Å². The molecule has 2 aliphatic heterocycles. The number of carbonyl (C=O) groups is 1. The summed E-state index contributed by atoms with van der Waals surface area (Å²) < 4.78 is 16.4. The van der Waals surface area contributed by atoms with Gasteiger partial charge < -0.3 is 14.2 Å². The fourth-order valence-electron chi connectivity index (χ4n) is 3.84. The van der Waals surface area contributed by atoms with Crippen molar-refractivity contribution >= 4 is 11.6 Å². The number of hydrogen-bond acceptors (Lipinski definition) is 4. The van der Waals surface area contributed by atoms with Gasteiger partial charge >= 0.3 is 0 Å². The average Bonchev–Trinajstić information content (AvgIpc) is 3.18. The molecule has 25 heavy (non-hydrogen) atoms. The molecule has 2 saturated heterocycles. The smallest absolute Gasteiger partial charge is 0.262 e. The highest BCUT2D eigenvalue weighted by Gasteiger charge is 2.64. The van der Waals surface area contributed by atoms with E-state index in [2.05, 4.69) is 0 Å². The van der Waals surface area contributed by atoms with Gasteiger partial charge in [0.1, 0.15) is 17.5 Å². The number of β-lactam (4-membered cyclic amide) rings is 1. The number of ether oxygens (including phenoxy) is 3. The molecule has 2 heterocycles. The summed E-state index contributed by atoms with van der Waals surface area (Å²) in [7, 11) is 3.28. The molecule has 5 heteroatoms. The van der Waals surface area contributed by atoms with Gasteiger partial charge in [0, 0.05) is 12.3 Å². The van der Waals surface area contributed by atoms with Gasteiger partial charge in [-0.05, 0) is 54.8 Å². The third kappa shape index (κ3) is 2.38. The number of methoxy groups -OCH3 is 2. The van der Waals surface area contributed by atoms with E-state index in [4.69, 9.17) is 14.2 Å². The first-order chi connectivity index (χ1) is 12.2. The molecule has 1 amide bonds. The fourth-order valence-corrected chi connectivity index (χ4v) is 3.84. The van der Waals surface area contributed by atoms with E-state index >= 15 is 0 Å². The SMILES string of the molecule is COc1ccc([C@@H]2N(c3ccc(OC)cc3)C(=O)[C@@]23CCCO3)cc1. The van der Waals surface area contributed by atoms with Gasteiger partial charge in [-0.15, -0.1) is 0 Å². The van der Waals surface area contributed by atoms with Crippen molar-refractivity contribution in [2.45, 2.75) is 24.5 Å². The van der Waals surface area contributed by atoms with E-state index in [0.717, 1.165) is 35.6 Å². The van der Waals surface area contributed by atoms with Gasteiger partial charge in [-0.25, -0.2) is 0 Å². The van der Waals surface area contributed by atoms with Gasteiger partial charge in [0.15, 0.2) is 5.60 Å². The van der Waals surface area contributed by atoms with Crippen LogP contribution in [0.1, 0.15) is 24.4 Å². The monoisotopic (exact) mass is 339 g/mol. The molecule has 0 bridgehead atoms. The Bertz CT molecular complexity index is 763. The Kier molecular flexibility index (Phi) is 3.88. The Morgan fingerprint density at radius 3 is 2.12 bits per heavy atom. The second-order valence-electron chi connectivity index (χ2n) is 6.39. The molecule has 130 valence electrons. The van der Waals surface area contributed by atoms with E-state index in [1.165, 1.54) is 0 Å². The Morgan fingerprint density at radius 1 is 1.00 bits per heavy atom. The predicted octanol–water partition coefficient (Wildman–Crippen LogP) is 3.34. The van der Waals surface area contributed by atoms with Crippen molar-refractivity contribution in [3.05, 3.63) is 54.1 Å². The molecule has 2 aromatic carbocycles. The highest BCUT2D eigenvalue weighted by Crippen LogP contribution is 2.53. The van der Waals surface area contributed by atoms with Crippen molar-refractivity contribution < 1.29 is 19.0 Å². The van der Waals surface area contributed by atoms with Crippen molar-refractivity contribution in [3.63, 3.8) is 0 Å². The van der Waals surface area contributed by atoms with Gasteiger partial charge in [0.05, 0.1) is 14.2 Å². The Labute approximate surface area is 147 Å². The highest BCUT2D eigenvalue weighted by atomic mass is 16.5. The topological polar surface area (TPSA) is 48.0 Å². The molecular formula is C20H21NO4. The maximum atomic E-state index is 13.0. The minimum atomic E-state index is -0.728. The molecule has 2 aliphatic rings. The quantitative estimate of drug-likeness (QED) is 0.802. The van der Waals surface area contributed by atoms with Crippen LogP contribution in [0.3, 0.4) is 0 Å². The lowest BCUT2D eigenvalue weighted by Crippen LogP contribution is -2.68. The molecule has 0 aromatic heterocycles. The van der Waals surface area contributed by atoms with Crippen LogP contribution >= 0.6 is 0 Å². The molecule has 0 aliphatic carbocycles. The lowest BCUT2D eigenvalue weighted by Gasteiger charge is -2.53. The molecule has 1 spiro atoms. The van der Waals surface area contributed by atoms with E-state index in [0.29, 0.717) is 6.61 Å². The van der Waals surface area contributed by atoms with Crippen molar-refractivity contribution in [3.8, 4) is 11.5 Å². The summed E-state index contributed by atoms with van der Waals surface area (Å²) >= 11 is 0. The van der Waals surface area contributed by atoms with Gasteiger partial charge in [0.25, 0.3) is 5.91 Å². The lowest BCUT2D eigenvalue weighted by atomic mass is 9.75. The largest absolute Gasteiger partial charge is 0.497 e. The summed E-state index contributed by atoms with van der Waals surface area (Å²) in [6, 6.07) is 15.3. The second-order valence-corrected chi connectivity index (χ2v) is 6.39. The third-order valence-electron chi connectivity index (χ3n) is 5.11. The molecular weight excluding hydrogens is 318 g/mol. The summed E-state index contributed by atoms with van der Waals surface area (Å²) in [4.78, 5) is 14.8. The number of hydrogen-bond donors (Lipinski definition) is 0. The van der Waals surface area contributed by atoms with Crippen LogP contribution in [0.15, 0.2) is 48.5 Å². The van der Waals surface area contributed by atoms with Crippen LogP contribution in [0.5, 0.6) is 11.5 Å².